The number of primary amides is 1. The first-order valence-corrected chi connectivity index (χ1v) is 31.5. The van der Waals surface area contributed by atoms with Gasteiger partial charge < -0.3 is 86.5 Å². The zero-order valence-electron chi connectivity index (χ0n) is 49.4. The van der Waals surface area contributed by atoms with Crippen LogP contribution < -0.4 is 76.5 Å². The number of guanidine groups is 2. The number of carbonyl (C=O) groups excluding carboxylic acids is 10. The molecular weight excluding hydrogens is 1190 g/mol. The average Bonchev–Trinajstić information content (AvgIpc) is 2.37. The Kier molecular flexibility index (Phi) is 26.9. The van der Waals surface area contributed by atoms with E-state index in [4.69, 9.17) is 28.7 Å². The van der Waals surface area contributed by atoms with Gasteiger partial charge in [0.1, 0.15) is 48.3 Å². The zero-order valence-corrected chi connectivity index (χ0v) is 51.1. The summed E-state index contributed by atoms with van der Waals surface area (Å²) in [5.74, 6) is -8.80. The van der Waals surface area contributed by atoms with Crippen LogP contribution in [0.15, 0.2) is 95.4 Å². The Hall–Kier alpha value is -9.39. The SMILES string of the molecule is CCCC[C@@H]1NC(=O)[C@@H](NC(C)=O)CSSC[C@@H](C(N)=O)NC(=O)CNC(=O)[C@H](Cc2c[nH]c3ccccc23)NC(=O)[C@H](CCCN=C(N)N)NC(=O)[C@@H](Cc2ccc3ccccc3c2)NC(=O)C(Cc2cnc[nH]2)NC(=O)[C@H](CCCN=C(N)N)NC1=O. The number of hydrogen-bond donors (Lipinski definition) is 16. The largest absolute Gasteiger partial charge is 0.370 e. The molecule has 2 aromatic heterocycles. The Bertz CT molecular complexity index is 3340. The number of aliphatic imine (C=N–C) groups is 2. The van der Waals surface area contributed by atoms with E-state index in [1.807, 2.05) is 61.5 Å². The molecule has 29 nitrogen and oxygen atoms in total. The van der Waals surface area contributed by atoms with Crippen LogP contribution in [0.5, 0.6) is 0 Å². The molecule has 478 valence electrons. The highest BCUT2D eigenvalue weighted by Crippen LogP contribution is 2.24. The normalized spacial score (nSPS) is 21.8. The fourth-order valence-corrected chi connectivity index (χ4v) is 12.0. The van der Waals surface area contributed by atoms with Crippen molar-refractivity contribution in [2.45, 2.75) is 126 Å². The number of nitrogens with zero attached hydrogens (tertiary/aromatic N) is 3. The molecule has 0 saturated carbocycles. The Labute approximate surface area is 521 Å². The summed E-state index contributed by atoms with van der Waals surface area (Å²) in [5.41, 5.74) is 30.5. The first-order chi connectivity index (χ1) is 42.7. The minimum absolute atomic E-state index is 0.0213. The fraction of sp³-hybridized carbons (Fsp3) is 0.431. The van der Waals surface area contributed by atoms with Gasteiger partial charge in [0.05, 0.1) is 12.9 Å². The first kappa shape index (κ1) is 68.7. The van der Waals surface area contributed by atoms with E-state index in [0.717, 1.165) is 43.3 Å². The number of hydrogen-bond acceptors (Lipinski definition) is 15. The summed E-state index contributed by atoms with van der Waals surface area (Å²) in [6, 6.07) is 9.22. The topological polar surface area (TPSA) is 478 Å². The Morgan fingerprint density at radius 3 is 1.72 bits per heavy atom. The van der Waals surface area contributed by atoms with Gasteiger partial charge in [-0.05, 0) is 60.1 Å². The molecule has 1 aliphatic heterocycles. The first-order valence-electron chi connectivity index (χ1n) is 29.0. The van der Waals surface area contributed by atoms with E-state index < -0.39 is 114 Å². The molecule has 1 saturated heterocycles. The number of imidazole rings is 1. The van der Waals surface area contributed by atoms with Gasteiger partial charge in [-0.3, -0.25) is 57.9 Å². The van der Waals surface area contributed by atoms with Gasteiger partial charge in [-0.1, -0.05) is 102 Å². The Morgan fingerprint density at radius 2 is 1.13 bits per heavy atom. The molecule has 10 amide bonds. The fourth-order valence-electron chi connectivity index (χ4n) is 9.61. The predicted octanol–water partition coefficient (Wildman–Crippen LogP) is -1.74. The van der Waals surface area contributed by atoms with Crippen molar-refractivity contribution in [3.63, 3.8) is 0 Å². The lowest BCUT2D eigenvalue weighted by molar-refractivity contribution is -0.135. The van der Waals surface area contributed by atoms with E-state index in [1.165, 1.54) is 19.4 Å². The summed E-state index contributed by atoms with van der Waals surface area (Å²) >= 11 is 0. The van der Waals surface area contributed by atoms with Crippen LogP contribution in [0.3, 0.4) is 0 Å². The van der Waals surface area contributed by atoms with Gasteiger partial charge in [0.15, 0.2) is 11.9 Å². The second-order valence-corrected chi connectivity index (χ2v) is 23.8. The summed E-state index contributed by atoms with van der Waals surface area (Å²) in [6.45, 7) is 2.44. The van der Waals surface area contributed by atoms with Crippen molar-refractivity contribution in [2.24, 2.45) is 38.7 Å². The highest BCUT2D eigenvalue weighted by molar-refractivity contribution is 8.76. The number of aromatic nitrogens is 3. The molecule has 0 bridgehead atoms. The molecule has 0 spiro atoms. The lowest BCUT2D eigenvalue weighted by atomic mass is 9.99. The number of rotatable bonds is 19. The van der Waals surface area contributed by atoms with E-state index in [2.05, 4.69) is 72.8 Å². The van der Waals surface area contributed by atoms with Crippen molar-refractivity contribution < 1.29 is 47.9 Å². The van der Waals surface area contributed by atoms with Crippen LogP contribution in [-0.2, 0) is 67.2 Å². The minimum Gasteiger partial charge on any atom is -0.370 e. The molecule has 1 fully saturated rings. The third kappa shape index (κ3) is 22.4. The lowest BCUT2D eigenvalue weighted by Gasteiger charge is -2.28. The van der Waals surface area contributed by atoms with Gasteiger partial charge in [-0.25, -0.2) is 4.98 Å². The van der Waals surface area contributed by atoms with Crippen LogP contribution in [0.1, 0.15) is 75.6 Å². The molecule has 89 heavy (non-hydrogen) atoms. The number of H-pyrrole nitrogens is 2. The summed E-state index contributed by atoms with van der Waals surface area (Å²) in [5, 5.41) is 26.7. The summed E-state index contributed by atoms with van der Waals surface area (Å²) < 4.78 is 0. The molecule has 1 unspecified atom stereocenters. The number of para-hydroxylation sites is 1. The van der Waals surface area contributed by atoms with Gasteiger partial charge in [0.2, 0.25) is 59.1 Å². The summed E-state index contributed by atoms with van der Waals surface area (Å²) in [6.07, 6.45) is 5.18. The van der Waals surface area contributed by atoms with Crippen molar-refractivity contribution >= 4 is 114 Å². The van der Waals surface area contributed by atoms with Crippen molar-refractivity contribution in [3.05, 3.63) is 102 Å². The molecule has 3 heterocycles. The number of unbranched alkanes of at least 4 members (excludes halogenated alkanes) is 1. The van der Waals surface area contributed by atoms with Crippen molar-refractivity contribution in [3.8, 4) is 0 Å². The van der Waals surface area contributed by atoms with Crippen LogP contribution in [0.25, 0.3) is 21.7 Å². The Morgan fingerprint density at radius 1 is 0.596 bits per heavy atom. The molecule has 3 aromatic carbocycles. The predicted molar refractivity (Wildman–Crippen MR) is 340 cm³/mol. The highest BCUT2D eigenvalue weighted by Gasteiger charge is 2.35. The molecule has 8 atom stereocenters. The number of carbonyl (C=O) groups is 10. The van der Waals surface area contributed by atoms with E-state index in [-0.39, 0.29) is 87.9 Å². The van der Waals surface area contributed by atoms with Crippen molar-refractivity contribution in [1.82, 2.24) is 62.8 Å². The second kappa shape index (κ2) is 34.8. The third-order valence-electron chi connectivity index (χ3n) is 14.2. The maximum absolute atomic E-state index is 15.1. The van der Waals surface area contributed by atoms with E-state index >= 15 is 9.59 Å². The van der Waals surface area contributed by atoms with Crippen molar-refractivity contribution in [1.29, 1.82) is 0 Å². The summed E-state index contributed by atoms with van der Waals surface area (Å²) in [4.78, 5) is 160. The zero-order chi connectivity index (χ0) is 64.4. The molecule has 1 aliphatic rings. The Balaban J connectivity index is 1.43. The summed E-state index contributed by atoms with van der Waals surface area (Å²) in [7, 11) is 2.08. The van der Waals surface area contributed by atoms with E-state index in [9.17, 15) is 38.4 Å². The molecule has 5 aromatic rings. The van der Waals surface area contributed by atoms with Crippen LogP contribution >= 0.6 is 21.6 Å². The van der Waals surface area contributed by atoms with Crippen molar-refractivity contribution in [2.75, 3.05) is 31.1 Å². The quantitative estimate of drug-likeness (QED) is 0.0189. The molecule has 6 rings (SSSR count). The molecule has 31 heteroatoms. The maximum Gasteiger partial charge on any atom is 0.244 e. The van der Waals surface area contributed by atoms with Gasteiger partial charge in [0.25, 0.3) is 0 Å². The lowest BCUT2D eigenvalue weighted by Crippen LogP contribution is -2.61. The second-order valence-electron chi connectivity index (χ2n) is 21.2. The number of nitrogens with one attached hydrogen (secondary N) is 11. The maximum atomic E-state index is 15.1. The van der Waals surface area contributed by atoms with Crippen LogP contribution in [-0.4, -0.2) is 165 Å². The number of amides is 10. The average molecular weight is 1270 g/mol. The number of aromatic amines is 2. The van der Waals surface area contributed by atoms with E-state index in [0.29, 0.717) is 29.7 Å². The van der Waals surface area contributed by atoms with Gasteiger partial charge >= 0.3 is 0 Å². The van der Waals surface area contributed by atoms with Crippen LogP contribution in [0.2, 0.25) is 0 Å². The standard InChI is InChI=1S/C58H79N19O10S2/c1-3-4-14-40-51(82)72-41(16-9-20-65-57(60)61)53(84)77-45(25-37-27-64-31-69-37)55(86)75-43(23-33-18-19-34-11-5-6-12-35(34)22-33)54(85)73-42(17-10-21-66-58(62)63)52(83)76-44(24-36-26-67-39-15-8-7-13-38(36)39)50(81)68-28-48(79)71-46(49(59)80)29-88-89-30-47(56(87)74-40)70-32(2)78/h5-8,11-13,15,18-19,22,26-27,31,40-47,67H,3-4,9-10,14,16-17,20-21,23-25,28-30H2,1-2H3,(H2,59,80)(H,64,69)(H,68,81)(H,70,78)(H,71,79)(H,72,82)(H,73,85)(H,74,87)(H,75,86)(H,76,83)(H,77,84)(H4,60,61,65)(H4,62,63,66)/t40-,41-,42-,43+,44-,45?,46-,47-/m0/s1. The number of fused-ring (bicyclic) bond motifs is 2. The van der Waals surface area contributed by atoms with Gasteiger partial charge in [-0.2, -0.15) is 0 Å². The molecule has 0 aliphatic carbocycles. The van der Waals surface area contributed by atoms with Gasteiger partial charge in [0, 0.05) is 79.8 Å². The monoisotopic (exact) mass is 1270 g/mol. The number of nitrogens with two attached hydrogens (primary N) is 5. The molecule has 21 N–H and O–H groups in total. The molecule has 0 radical (unpaired) electrons. The van der Waals surface area contributed by atoms with Crippen LogP contribution in [0.4, 0.5) is 0 Å². The highest BCUT2D eigenvalue weighted by atomic mass is 33.1. The van der Waals surface area contributed by atoms with Gasteiger partial charge in [-0.15, -0.1) is 0 Å². The molecular formula is C58H79N19O10S2. The number of benzene rings is 3. The minimum atomic E-state index is -1.48. The van der Waals surface area contributed by atoms with Crippen LogP contribution in [0, 0.1) is 0 Å². The third-order valence-corrected chi connectivity index (χ3v) is 16.6. The smallest absolute Gasteiger partial charge is 0.244 e. The van der Waals surface area contributed by atoms with E-state index in [1.54, 1.807) is 18.3 Å².